The van der Waals surface area contributed by atoms with Crippen molar-refractivity contribution >= 4 is 5.57 Å². The molecule has 1 saturated heterocycles. The van der Waals surface area contributed by atoms with Crippen molar-refractivity contribution in [3.8, 4) is 0 Å². The smallest absolute Gasteiger partial charge is 0.298 e. The monoisotopic (exact) mass is 418 g/mol. The maximum atomic E-state index is 13.1. The second-order valence-electron chi connectivity index (χ2n) is 8.17. The van der Waals surface area contributed by atoms with Crippen molar-refractivity contribution in [1.82, 2.24) is 9.80 Å². The molecule has 4 rings (SSSR count). The summed E-state index contributed by atoms with van der Waals surface area (Å²) < 4.78 is 51.3. The highest BCUT2D eigenvalue weighted by atomic mass is 19.4. The maximum absolute atomic E-state index is 13.1. The highest BCUT2D eigenvalue weighted by Crippen LogP contribution is 2.33. The van der Waals surface area contributed by atoms with E-state index in [9.17, 15) is 17.6 Å². The molecular formula is C24H26F4N2. The number of nitrogens with zero attached hydrogens (tertiary/aromatic N) is 2. The summed E-state index contributed by atoms with van der Waals surface area (Å²) in [6, 6.07) is 12.7. The van der Waals surface area contributed by atoms with Crippen LogP contribution < -0.4 is 0 Å². The SMILES string of the molecule is Fc1ccc(CN2CCN(C3CC=C(c4ccc(C(F)(F)F)cc4)CC3)CC2)cc1. The van der Waals surface area contributed by atoms with Crippen molar-refractivity contribution in [2.45, 2.75) is 38.0 Å². The van der Waals surface area contributed by atoms with Gasteiger partial charge in [-0.25, -0.2) is 4.39 Å². The molecule has 1 fully saturated rings. The standard InChI is InChI=1S/C24H26F4N2/c25-22-9-1-18(2-10-22)17-29-13-15-30(16-14-29)23-11-5-20(6-12-23)19-3-7-21(8-4-19)24(26,27)28/h1-5,7-10,23H,6,11-17H2. The Labute approximate surface area is 174 Å². The van der Waals surface area contributed by atoms with Crippen molar-refractivity contribution in [2.24, 2.45) is 0 Å². The van der Waals surface area contributed by atoms with E-state index in [0.717, 1.165) is 68.7 Å². The molecule has 0 amide bonds. The number of benzene rings is 2. The van der Waals surface area contributed by atoms with Gasteiger partial charge in [0.15, 0.2) is 0 Å². The first-order valence-electron chi connectivity index (χ1n) is 10.5. The fraction of sp³-hybridized carbons (Fsp3) is 0.417. The third-order valence-corrected chi connectivity index (χ3v) is 6.21. The molecule has 1 aliphatic carbocycles. The second kappa shape index (κ2) is 8.90. The summed E-state index contributed by atoms with van der Waals surface area (Å²) in [7, 11) is 0. The molecule has 0 spiro atoms. The number of halogens is 4. The van der Waals surface area contributed by atoms with Crippen LogP contribution in [0.3, 0.4) is 0 Å². The Morgan fingerprint density at radius 1 is 0.867 bits per heavy atom. The van der Waals surface area contributed by atoms with Gasteiger partial charge < -0.3 is 0 Å². The molecule has 1 aliphatic heterocycles. The molecule has 2 aromatic carbocycles. The average molecular weight is 418 g/mol. The Balaban J connectivity index is 1.28. The molecule has 0 N–H and O–H groups in total. The van der Waals surface area contributed by atoms with E-state index in [1.165, 1.54) is 24.3 Å². The van der Waals surface area contributed by atoms with Gasteiger partial charge in [0.25, 0.3) is 0 Å². The Kier molecular flexibility index (Phi) is 6.25. The minimum atomic E-state index is -4.29. The molecule has 30 heavy (non-hydrogen) atoms. The zero-order valence-corrected chi connectivity index (χ0v) is 16.8. The summed E-state index contributed by atoms with van der Waals surface area (Å²) in [5.41, 5.74) is 2.58. The van der Waals surface area contributed by atoms with Gasteiger partial charge in [0.05, 0.1) is 5.56 Å². The van der Waals surface area contributed by atoms with Crippen LogP contribution in [0.5, 0.6) is 0 Å². The molecule has 0 radical (unpaired) electrons. The molecule has 6 heteroatoms. The molecule has 2 aromatic rings. The van der Waals surface area contributed by atoms with E-state index in [0.29, 0.717) is 6.04 Å². The second-order valence-corrected chi connectivity index (χ2v) is 8.17. The maximum Gasteiger partial charge on any atom is 0.416 e. The van der Waals surface area contributed by atoms with Gasteiger partial charge in [-0.2, -0.15) is 13.2 Å². The predicted molar refractivity (Wildman–Crippen MR) is 110 cm³/mol. The molecule has 1 heterocycles. The number of hydrogen-bond donors (Lipinski definition) is 0. The van der Waals surface area contributed by atoms with E-state index in [4.69, 9.17) is 0 Å². The van der Waals surface area contributed by atoms with Crippen LogP contribution in [0.25, 0.3) is 5.57 Å². The van der Waals surface area contributed by atoms with E-state index in [1.54, 1.807) is 12.1 Å². The average Bonchev–Trinajstić information content (AvgIpc) is 2.76. The van der Waals surface area contributed by atoms with Crippen molar-refractivity contribution in [3.05, 3.63) is 77.1 Å². The Bertz CT molecular complexity index is 864. The zero-order valence-electron chi connectivity index (χ0n) is 16.8. The largest absolute Gasteiger partial charge is 0.416 e. The van der Waals surface area contributed by atoms with Crippen molar-refractivity contribution < 1.29 is 17.6 Å². The third-order valence-electron chi connectivity index (χ3n) is 6.21. The summed E-state index contributed by atoms with van der Waals surface area (Å²) in [5.74, 6) is -0.204. The molecule has 160 valence electrons. The Hall–Kier alpha value is -2.18. The van der Waals surface area contributed by atoms with Crippen LogP contribution in [-0.4, -0.2) is 42.0 Å². The first-order valence-corrected chi connectivity index (χ1v) is 10.5. The van der Waals surface area contributed by atoms with E-state index >= 15 is 0 Å². The summed E-state index contributed by atoms with van der Waals surface area (Å²) in [4.78, 5) is 4.93. The van der Waals surface area contributed by atoms with Gasteiger partial charge in [0.2, 0.25) is 0 Å². The molecule has 1 unspecified atom stereocenters. The fourth-order valence-electron chi connectivity index (χ4n) is 4.42. The van der Waals surface area contributed by atoms with Gasteiger partial charge in [-0.05, 0) is 60.2 Å². The number of rotatable bonds is 4. The number of allylic oxidation sites excluding steroid dienone is 1. The van der Waals surface area contributed by atoms with Crippen LogP contribution in [0.15, 0.2) is 54.6 Å². The van der Waals surface area contributed by atoms with Crippen LogP contribution >= 0.6 is 0 Å². The number of hydrogen-bond acceptors (Lipinski definition) is 2. The Morgan fingerprint density at radius 3 is 2.10 bits per heavy atom. The van der Waals surface area contributed by atoms with Crippen LogP contribution in [-0.2, 0) is 12.7 Å². The van der Waals surface area contributed by atoms with Crippen LogP contribution in [0, 0.1) is 5.82 Å². The minimum Gasteiger partial charge on any atom is -0.298 e. The van der Waals surface area contributed by atoms with E-state index in [2.05, 4.69) is 15.9 Å². The summed E-state index contributed by atoms with van der Waals surface area (Å²) in [6.07, 6.45) is 0.774. The van der Waals surface area contributed by atoms with Crippen molar-refractivity contribution in [1.29, 1.82) is 0 Å². The van der Waals surface area contributed by atoms with Crippen LogP contribution in [0.2, 0.25) is 0 Å². The highest BCUT2D eigenvalue weighted by Gasteiger charge is 2.30. The van der Waals surface area contributed by atoms with Crippen LogP contribution in [0.4, 0.5) is 17.6 Å². The molecule has 2 nitrogen and oxygen atoms in total. The summed E-state index contributed by atoms with van der Waals surface area (Å²) >= 11 is 0. The van der Waals surface area contributed by atoms with Gasteiger partial charge in [-0.1, -0.05) is 30.3 Å². The third kappa shape index (κ3) is 5.10. The van der Waals surface area contributed by atoms with Gasteiger partial charge in [-0.3, -0.25) is 9.80 Å². The minimum absolute atomic E-state index is 0.204. The van der Waals surface area contributed by atoms with Gasteiger partial charge in [0.1, 0.15) is 5.82 Å². The quantitative estimate of drug-likeness (QED) is 0.597. The Morgan fingerprint density at radius 2 is 1.53 bits per heavy atom. The predicted octanol–water partition coefficient (Wildman–Crippen LogP) is 5.60. The summed E-state index contributed by atoms with van der Waals surface area (Å²) in [5, 5.41) is 0. The van der Waals surface area contributed by atoms with E-state index in [1.807, 2.05) is 12.1 Å². The first kappa shape index (κ1) is 21.1. The number of alkyl halides is 3. The zero-order chi connectivity index (χ0) is 21.1. The lowest BCUT2D eigenvalue weighted by Gasteiger charge is -2.40. The lowest BCUT2D eigenvalue weighted by atomic mass is 9.89. The lowest BCUT2D eigenvalue weighted by molar-refractivity contribution is -0.137. The van der Waals surface area contributed by atoms with Crippen LogP contribution in [0.1, 0.15) is 36.0 Å². The number of piperazine rings is 1. The fourth-order valence-corrected chi connectivity index (χ4v) is 4.42. The highest BCUT2D eigenvalue weighted by molar-refractivity contribution is 5.66. The molecule has 1 atom stereocenters. The van der Waals surface area contributed by atoms with Crippen molar-refractivity contribution in [3.63, 3.8) is 0 Å². The van der Waals surface area contributed by atoms with Gasteiger partial charge in [0, 0.05) is 38.8 Å². The molecule has 0 saturated carbocycles. The normalized spacial score (nSPS) is 21.5. The lowest BCUT2D eigenvalue weighted by Crippen LogP contribution is -2.50. The van der Waals surface area contributed by atoms with Gasteiger partial charge in [-0.15, -0.1) is 0 Å². The van der Waals surface area contributed by atoms with Crippen molar-refractivity contribution in [2.75, 3.05) is 26.2 Å². The topological polar surface area (TPSA) is 6.48 Å². The van der Waals surface area contributed by atoms with E-state index < -0.39 is 11.7 Å². The molecule has 0 bridgehead atoms. The summed E-state index contributed by atoms with van der Waals surface area (Å²) in [6.45, 7) is 4.84. The van der Waals surface area contributed by atoms with Gasteiger partial charge >= 0.3 is 6.18 Å². The van der Waals surface area contributed by atoms with E-state index in [-0.39, 0.29) is 5.82 Å². The first-order chi connectivity index (χ1) is 14.4. The molecular weight excluding hydrogens is 392 g/mol. The molecule has 0 aromatic heterocycles. The molecule has 2 aliphatic rings.